The molecule has 0 bridgehead atoms. The van der Waals surface area contributed by atoms with Gasteiger partial charge in [-0.25, -0.2) is 18.4 Å². The Morgan fingerprint density at radius 1 is 1.16 bits per heavy atom. The molecule has 0 spiro atoms. The molecular formula is C23H30N4O4S. The van der Waals surface area contributed by atoms with Gasteiger partial charge in [-0.1, -0.05) is 6.92 Å². The number of Topliss-reactive ketones (excluding diaryl/α,β-unsaturated/α-hetero) is 1. The number of hydrogen-bond donors (Lipinski definition) is 1. The van der Waals surface area contributed by atoms with E-state index in [1.807, 2.05) is 0 Å². The summed E-state index contributed by atoms with van der Waals surface area (Å²) >= 11 is 0. The van der Waals surface area contributed by atoms with Gasteiger partial charge in [-0.05, 0) is 62.8 Å². The minimum Gasteiger partial charge on any atom is -0.356 e. The van der Waals surface area contributed by atoms with Crippen molar-refractivity contribution in [1.29, 1.82) is 0 Å². The standard InChI is InChI=1S/C23H30N4O4S/c1-3-12-27(15-18-6-7-18)22-14-21(24-16-25-22)23(29)26-19-8-10-20(11-9-19)32(30,31)13-4-5-17(2)28/h8-11,14,16,18H,3-7,12-13,15H2,1-2H3,(H,26,29). The summed E-state index contributed by atoms with van der Waals surface area (Å²) in [5, 5.41) is 2.76. The van der Waals surface area contributed by atoms with E-state index in [9.17, 15) is 18.0 Å². The molecule has 0 unspecified atom stereocenters. The summed E-state index contributed by atoms with van der Waals surface area (Å²) in [6, 6.07) is 7.72. The van der Waals surface area contributed by atoms with E-state index < -0.39 is 9.84 Å². The van der Waals surface area contributed by atoms with E-state index in [-0.39, 0.29) is 34.5 Å². The molecule has 9 heteroatoms. The van der Waals surface area contributed by atoms with E-state index >= 15 is 0 Å². The van der Waals surface area contributed by atoms with Crippen molar-refractivity contribution in [1.82, 2.24) is 9.97 Å². The first-order chi connectivity index (χ1) is 15.3. The highest BCUT2D eigenvalue weighted by Gasteiger charge is 2.25. The number of anilines is 2. The number of hydrogen-bond acceptors (Lipinski definition) is 7. The van der Waals surface area contributed by atoms with Crippen molar-refractivity contribution >= 4 is 33.0 Å². The van der Waals surface area contributed by atoms with Crippen LogP contribution in [0.3, 0.4) is 0 Å². The molecule has 1 aromatic heterocycles. The van der Waals surface area contributed by atoms with E-state index in [0.29, 0.717) is 18.0 Å². The van der Waals surface area contributed by atoms with Crippen LogP contribution in [0.15, 0.2) is 41.6 Å². The molecule has 1 N–H and O–H groups in total. The smallest absolute Gasteiger partial charge is 0.274 e. The molecule has 8 nitrogen and oxygen atoms in total. The van der Waals surface area contributed by atoms with Crippen LogP contribution in [-0.4, -0.2) is 48.9 Å². The van der Waals surface area contributed by atoms with Gasteiger partial charge in [-0.2, -0.15) is 0 Å². The SMILES string of the molecule is CCCN(CC1CC1)c1cc(C(=O)Nc2ccc(S(=O)(=O)CCCC(C)=O)cc2)ncn1. The summed E-state index contributed by atoms with van der Waals surface area (Å²) in [4.78, 5) is 34.5. The lowest BCUT2D eigenvalue weighted by molar-refractivity contribution is -0.117. The predicted octanol–water partition coefficient (Wildman–Crippen LogP) is 3.50. The molecule has 1 amide bonds. The topological polar surface area (TPSA) is 109 Å². The largest absolute Gasteiger partial charge is 0.356 e. The molecule has 0 aliphatic heterocycles. The molecule has 1 aliphatic carbocycles. The zero-order valence-corrected chi connectivity index (χ0v) is 19.4. The number of nitrogens with zero attached hydrogens (tertiary/aromatic N) is 3. The van der Waals surface area contributed by atoms with Crippen LogP contribution in [-0.2, 0) is 14.6 Å². The van der Waals surface area contributed by atoms with Gasteiger partial charge < -0.3 is 15.0 Å². The van der Waals surface area contributed by atoms with E-state index in [1.54, 1.807) is 18.2 Å². The number of carbonyl (C=O) groups excluding carboxylic acids is 2. The van der Waals surface area contributed by atoms with Crippen LogP contribution < -0.4 is 10.2 Å². The van der Waals surface area contributed by atoms with E-state index in [4.69, 9.17) is 0 Å². The minimum absolute atomic E-state index is 0.0310. The second-order valence-electron chi connectivity index (χ2n) is 8.25. The lowest BCUT2D eigenvalue weighted by Gasteiger charge is -2.23. The average molecular weight is 459 g/mol. The second kappa shape index (κ2) is 10.7. The number of nitrogens with one attached hydrogen (secondary N) is 1. The monoisotopic (exact) mass is 458 g/mol. The van der Waals surface area contributed by atoms with Crippen molar-refractivity contribution in [2.24, 2.45) is 5.92 Å². The Morgan fingerprint density at radius 3 is 2.50 bits per heavy atom. The predicted molar refractivity (Wildman–Crippen MR) is 124 cm³/mol. The van der Waals surface area contributed by atoms with Crippen LogP contribution in [0.5, 0.6) is 0 Å². The maximum Gasteiger partial charge on any atom is 0.274 e. The Labute approximate surface area is 189 Å². The van der Waals surface area contributed by atoms with E-state index in [0.717, 1.165) is 25.3 Å². The fourth-order valence-electron chi connectivity index (χ4n) is 3.40. The molecule has 1 aliphatic rings. The Hall–Kier alpha value is -2.81. The zero-order valence-electron chi connectivity index (χ0n) is 18.6. The first kappa shape index (κ1) is 23.8. The highest BCUT2D eigenvalue weighted by atomic mass is 32.2. The maximum absolute atomic E-state index is 12.7. The van der Waals surface area contributed by atoms with Gasteiger partial charge in [0.2, 0.25) is 0 Å². The number of benzene rings is 1. The Morgan fingerprint density at radius 2 is 1.88 bits per heavy atom. The van der Waals surface area contributed by atoms with Gasteiger partial charge in [-0.15, -0.1) is 0 Å². The van der Waals surface area contributed by atoms with Gasteiger partial charge in [0.05, 0.1) is 10.6 Å². The molecule has 0 saturated heterocycles. The van der Waals surface area contributed by atoms with Gasteiger partial charge in [-0.3, -0.25) is 4.79 Å². The maximum atomic E-state index is 12.7. The zero-order chi connectivity index (χ0) is 23.1. The Balaban J connectivity index is 1.65. The van der Waals surface area contributed by atoms with Gasteiger partial charge >= 0.3 is 0 Å². The number of amides is 1. The summed E-state index contributed by atoms with van der Waals surface area (Å²) in [5.74, 6) is 0.943. The summed E-state index contributed by atoms with van der Waals surface area (Å²) in [6.45, 7) is 5.37. The van der Waals surface area contributed by atoms with Crippen LogP contribution >= 0.6 is 0 Å². The quantitative estimate of drug-likeness (QED) is 0.518. The van der Waals surface area contributed by atoms with Crippen LogP contribution in [0.2, 0.25) is 0 Å². The molecule has 172 valence electrons. The normalized spacial score (nSPS) is 13.6. The summed E-state index contributed by atoms with van der Waals surface area (Å²) in [6.07, 6.45) is 5.40. The third kappa shape index (κ3) is 6.85. The molecule has 1 heterocycles. The van der Waals surface area contributed by atoms with Crippen LogP contribution in [0.1, 0.15) is 56.4 Å². The molecule has 1 saturated carbocycles. The molecule has 0 radical (unpaired) electrons. The van der Waals surface area contributed by atoms with Crippen molar-refractivity contribution in [2.45, 2.75) is 50.8 Å². The Kier molecular flexibility index (Phi) is 7.95. The van der Waals surface area contributed by atoms with Crippen molar-refractivity contribution in [3.8, 4) is 0 Å². The summed E-state index contributed by atoms with van der Waals surface area (Å²) < 4.78 is 24.8. The van der Waals surface area contributed by atoms with Gasteiger partial charge in [0.15, 0.2) is 9.84 Å². The van der Waals surface area contributed by atoms with Crippen LogP contribution in [0.4, 0.5) is 11.5 Å². The molecule has 2 aromatic rings. The molecule has 1 fully saturated rings. The summed E-state index contributed by atoms with van der Waals surface area (Å²) in [7, 11) is -3.47. The molecule has 0 atom stereocenters. The number of sulfone groups is 1. The second-order valence-corrected chi connectivity index (χ2v) is 10.4. The van der Waals surface area contributed by atoms with Crippen molar-refractivity contribution in [2.75, 3.05) is 29.1 Å². The van der Waals surface area contributed by atoms with Crippen molar-refractivity contribution < 1.29 is 18.0 Å². The number of carbonyl (C=O) groups is 2. The molecule has 32 heavy (non-hydrogen) atoms. The lowest BCUT2D eigenvalue weighted by atomic mass is 10.2. The third-order valence-electron chi connectivity index (χ3n) is 5.29. The first-order valence-corrected chi connectivity index (χ1v) is 12.6. The third-order valence-corrected chi connectivity index (χ3v) is 7.11. The number of rotatable bonds is 12. The lowest BCUT2D eigenvalue weighted by Crippen LogP contribution is -2.28. The van der Waals surface area contributed by atoms with E-state index in [1.165, 1.54) is 38.2 Å². The molecular weight excluding hydrogens is 428 g/mol. The summed E-state index contributed by atoms with van der Waals surface area (Å²) in [5.41, 5.74) is 0.731. The van der Waals surface area contributed by atoms with Gasteiger partial charge in [0.1, 0.15) is 23.6 Å². The molecule has 3 rings (SSSR count). The van der Waals surface area contributed by atoms with Crippen LogP contribution in [0, 0.1) is 5.92 Å². The van der Waals surface area contributed by atoms with Gasteiger partial charge in [0, 0.05) is 31.3 Å². The highest BCUT2D eigenvalue weighted by Crippen LogP contribution is 2.31. The van der Waals surface area contributed by atoms with E-state index in [2.05, 4.69) is 27.1 Å². The number of ketones is 1. The minimum atomic E-state index is -3.47. The van der Waals surface area contributed by atoms with Crippen molar-refractivity contribution in [3.05, 3.63) is 42.4 Å². The van der Waals surface area contributed by atoms with Crippen molar-refractivity contribution in [3.63, 3.8) is 0 Å². The first-order valence-electron chi connectivity index (χ1n) is 11.0. The average Bonchev–Trinajstić information content (AvgIpc) is 3.58. The van der Waals surface area contributed by atoms with Gasteiger partial charge in [0.25, 0.3) is 5.91 Å². The number of aromatic nitrogens is 2. The fraction of sp³-hybridized carbons (Fsp3) is 0.478. The Bertz CT molecular complexity index is 1050. The fourth-order valence-corrected chi connectivity index (χ4v) is 4.71. The van der Waals surface area contributed by atoms with Crippen LogP contribution in [0.25, 0.3) is 0 Å². The highest BCUT2D eigenvalue weighted by molar-refractivity contribution is 7.91. The molecule has 1 aromatic carbocycles.